The van der Waals surface area contributed by atoms with Crippen molar-refractivity contribution >= 4 is 11.7 Å². The van der Waals surface area contributed by atoms with Crippen molar-refractivity contribution in [3.8, 4) is 0 Å². The lowest BCUT2D eigenvalue weighted by Crippen LogP contribution is -2.38. The Morgan fingerprint density at radius 3 is 2.94 bits per heavy atom. The zero-order chi connectivity index (χ0) is 13.7. The van der Waals surface area contributed by atoms with Crippen LogP contribution in [-0.4, -0.2) is 39.9 Å². The van der Waals surface area contributed by atoms with Crippen LogP contribution >= 0.6 is 0 Å². The number of pyridine rings is 1. The molecule has 1 amide bonds. The van der Waals surface area contributed by atoms with Gasteiger partial charge in [-0.1, -0.05) is 5.16 Å². The Kier molecular flexibility index (Phi) is 4.59. The molecule has 0 fully saturated rings. The zero-order valence-corrected chi connectivity index (χ0v) is 10.2. The molecule has 0 aliphatic rings. The third kappa shape index (κ3) is 3.16. The molecule has 1 heterocycles. The number of amides is 1. The normalized spacial score (nSPS) is 13.2. The number of nitrogens with zero attached hydrogens (tertiary/aromatic N) is 3. The van der Waals surface area contributed by atoms with Crippen molar-refractivity contribution < 1.29 is 14.4 Å². The molecule has 1 unspecified atom stereocenters. The molecule has 3 N–H and O–H groups in total. The number of aromatic nitrogens is 1. The average molecular weight is 254 g/mol. The van der Waals surface area contributed by atoms with E-state index in [-0.39, 0.29) is 23.9 Å². The van der Waals surface area contributed by atoms with Crippen LogP contribution in [0.3, 0.4) is 0 Å². The molecule has 6 nitrogen and oxygen atoms in total. The fourth-order valence-electron chi connectivity index (χ4n) is 1.42. The summed E-state index contributed by atoms with van der Waals surface area (Å²) in [5, 5.41) is 11.3. The number of halogens is 1. The maximum atomic E-state index is 13.4. The summed E-state index contributed by atoms with van der Waals surface area (Å²) in [5.74, 6) is -1.14. The average Bonchev–Trinajstić information content (AvgIpc) is 2.37. The maximum Gasteiger partial charge on any atom is 0.256 e. The Bertz CT molecular complexity index is 464. The van der Waals surface area contributed by atoms with Gasteiger partial charge in [0.05, 0.1) is 11.8 Å². The van der Waals surface area contributed by atoms with Gasteiger partial charge in [0.15, 0.2) is 5.82 Å². The van der Waals surface area contributed by atoms with Crippen molar-refractivity contribution in [2.75, 3.05) is 7.05 Å². The molecule has 1 aromatic rings. The molecule has 0 radical (unpaired) electrons. The summed E-state index contributed by atoms with van der Waals surface area (Å²) in [7, 11) is 1.53. The molecule has 0 aliphatic heterocycles. The van der Waals surface area contributed by atoms with Crippen molar-refractivity contribution in [1.29, 1.82) is 0 Å². The summed E-state index contributed by atoms with van der Waals surface area (Å²) in [6.45, 7) is 1.72. The number of rotatable bonds is 4. The first-order chi connectivity index (χ1) is 8.47. The Morgan fingerprint density at radius 2 is 2.39 bits per heavy atom. The van der Waals surface area contributed by atoms with Crippen LogP contribution < -0.4 is 5.73 Å². The first-order valence-corrected chi connectivity index (χ1v) is 5.30. The van der Waals surface area contributed by atoms with E-state index in [9.17, 15) is 9.18 Å². The van der Waals surface area contributed by atoms with Gasteiger partial charge in [-0.05, 0) is 13.0 Å². The molecule has 18 heavy (non-hydrogen) atoms. The van der Waals surface area contributed by atoms with Gasteiger partial charge in [0.1, 0.15) is 5.84 Å². The van der Waals surface area contributed by atoms with Crippen LogP contribution in [0.15, 0.2) is 23.6 Å². The summed E-state index contributed by atoms with van der Waals surface area (Å²) in [5.41, 5.74) is 5.30. The van der Waals surface area contributed by atoms with Crippen LogP contribution in [0.25, 0.3) is 0 Å². The van der Waals surface area contributed by atoms with Crippen LogP contribution in [0, 0.1) is 5.82 Å². The lowest BCUT2D eigenvalue weighted by molar-refractivity contribution is 0.0742. The van der Waals surface area contributed by atoms with Crippen molar-refractivity contribution in [3.63, 3.8) is 0 Å². The number of hydrogen-bond donors (Lipinski definition) is 2. The van der Waals surface area contributed by atoms with E-state index < -0.39 is 11.7 Å². The first kappa shape index (κ1) is 13.9. The molecule has 0 bridgehead atoms. The maximum absolute atomic E-state index is 13.4. The van der Waals surface area contributed by atoms with Gasteiger partial charge in [0, 0.05) is 25.7 Å². The minimum Gasteiger partial charge on any atom is -0.409 e. The Balaban J connectivity index is 2.81. The highest BCUT2D eigenvalue weighted by Gasteiger charge is 2.21. The number of nitrogens with two attached hydrogens (primary N) is 1. The molecule has 0 saturated heterocycles. The smallest absolute Gasteiger partial charge is 0.256 e. The molecular weight excluding hydrogens is 239 g/mol. The molecule has 0 spiro atoms. The second-order valence-corrected chi connectivity index (χ2v) is 3.92. The van der Waals surface area contributed by atoms with E-state index in [0.29, 0.717) is 0 Å². The van der Waals surface area contributed by atoms with Crippen molar-refractivity contribution in [2.24, 2.45) is 10.9 Å². The summed E-state index contributed by atoms with van der Waals surface area (Å²) < 4.78 is 13.4. The van der Waals surface area contributed by atoms with Crippen molar-refractivity contribution in [3.05, 3.63) is 29.8 Å². The van der Waals surface area contributed by atoms with Crippen LogP contribution in [0.2, 0.25) is 0 Å². The quantitative estimate of drug-likeness (QED) is 0.360. The van der Waals surface area contributed by atoms with Gasteiger partial charge in [-0.2, -0.15) is 0 Å². The second-order valence-electron chi connectivity index (χ2n) is 3.92. The largest absolute Gasteiger partial charge is 0.409 e. The second kappa shape index (κ2) is 5.95. The zero-order valence-electron chi connectivity index (χ0n) is 10.2. The summed E-state index contributed by atoms with van der Waals surface area (Å²) in [6.07, 6.45) is 2.53. The number of oxime groups is 1. The predicted octanol–water partition coefficient (Wildman–Crippen LogP) is 0.818. The number of carbonyl (C=O) groups excluding carboxylic acids is 1. The summed E-state index contributed by atoms with van der Waals surface area (Å²) >= 11 is 0. The Morgan fingerprint density at radius 1 is 1.72 bits per heavy atom. The molecule has 1 aromatic heterocycles. The monoisotopic (exact) mass is 254 g/mol. The molecule has 1 atom stereocenters. The van der Waals surface area contributed by atoms with E-state index in [1.54, 1.807) is 6.92 Å². The lowest BCUT2D eigenvalue weighted by Gasteiger charge is -2.24. The minimum atomic E-state index is -0.676. The first-order valence-electron chi connectivity index (χ1n) is 5.30. The highest BCUT2D eigenvalue weighted by molar-refractivity contribution is 5.94. The predicted molar refractivity (Wildman–Crippen MR) is 63.8 cm³/mol. The summed E-state index contributed by atoms with van der Waals surface area (Å²) in [6, 6.07) is 0.991. The molecular formula is C11H15FN4O2. The Labute approximate surface area is 104 Å². The fourth-order valence-corrected chi connectivity index (χ4v) is 1.42. The number of carbonyl (C=O) groups is 1. The summed E-state index contributed by atoms with van der Waals surface area (Å²) in [4.78, 5) is 16.9. The highest BCUT2D eigenvalue weighted by atomic mass is 19.1. The topological polar surface area (TPSA) is 91.8 Å². The Hall–Kier alpha value is -2.18. The number of hydrogen-bond acceptors (Lipinski definition) is 4. The van der Waals surface area contributed by atoms with E-state index in [1.165, 1.54) is 24.2 Å². The standard InChI is InChI=1S/C11H15FN4O2/c1-7(5-10(13)15-18)16(2)11(17)8-3-4-14-6-9(8)12/h3-4,6-7,18H,5H2,1-2H3,(H2,13,15). The van der Waals surface area contributed by atoms with Crippen molar-refractivity contribution in [2.45, 2.75) is 19.4 Å². The van der Waals surface area contributed by atoms with Crippen molar-refractivity contribution in [1.82, 2.24) is 9.88 Å². The van der Waals surface area contributed by atoms with Gasteiger partial charge in [-0.15, -0.1) is 0 Å². The van der Waals surface area contributed by atoms with E-state index >= 15 is 0 Å². The van der Waals surface area contributed by atoms with E-state index in [2.05, 4.69) is 10.1 Å². The van der Waals surface area contributed by atoms with Gasteiger partial charge in [-0.25, -0.2) is 4.39 Å². The van der Waals surface area contributed by atoms with Gasteiger partial charge in [-0.3, -0.25) is 9.78 Å². The molecule has 0 aliphatic carbocycles. The number of amidine groups is 1. The fraction of sp³-hybridized carbons (Fsp3) is 0.364. The minimum absolute atomic E-state index is 0.0114. The molecule has 7 heteroatoms. The molecule has 1 rings (SSSR count). The lowest BCUT2D eigenvalue weighted by atomic mass is 10.1. The van der Waals surface area contributed by atoms with Gasteiger partial charge in [0.2, 0.25) is 0 Å². The van der Waals surface area contributed by atoms with Gasteiger partial charge < -0.3 is 15.8 Å². The van der Waals surface area contributed by atoms with Crippen LogP contribution in [0.5, 0.6) is 0 Å². The van der Waals surface area contributed by atoms with E-state index in [0.717, 1.165) is 6.20 Å². The van der Waals surface area contributed by atoms with Crippen LogP contribution in [0.1, 0.15) is 23.7 Å². The SMILES string of the molecule is CC(CC(N)=NO)N(C)C(=O)c1ccncc1F. The molecule has 0 saturated carbocycles. The van der Waals surface area contributed by atoms with Gasteiger partial charge >= 0.3 is 0 Å². The van der Waals surface area contributed by atoms with E-state index in [1.807, 2.05) is 0 Å². The molecule has 98 valence electrons. The van der Waals surface area contributed by atoms with Crippen LogP contribution in [-0.2, 0) is 0 Å². The highest BCUT2D eigenvalue weighted by Crippen LogP contribution is 2.11. The third-order valence-electron chi connectivity index (χ3n) is 2.62. The third-order valence-corrected chi connectivity index (χ3v) is 2.62. The van der Waals surface area contributed by atoms with Crippen LogP contribution in [0.4, 0.5) is 4.39 Å². The van der Waals surface area contributed by atoms with E-state index in [4.69, 9.17) is 10.9 Å². The molecule has 0 aromatic carbocycles. The van der Waals surface area contributed by atoms with Gasteiger partial charge in [0.25, 0.3) is 5.91 Å².